The fraction of sp³-hybridized carbons (Fsp3) is 0.597. The number of aliphatic hydroxyl groups excluding tert-OH is 5. The van der Waals surface area contributed by atoms with E-state index in [0.717, 1.165) is 122 Å². The van der Waals surface area contributed by atoms with E-state index in [0.29, 0.717) is 12.8 Å². The zero-order valence-electron chi connectivity index (χ0n) is 44.2. The van der Waals surface area contributed by atoms with Crippen LogP contribution in [0.2, 0.25) is 0 Å². The van der Waals surface area contributed by atoms with E-state index in [4.69, 9.17) is 9.47 Å². The second-order valence-electron chi connectivity index (χ2n) is 18.3. The Morgan fingerprint density at radius 1 is 0.493 bits per heavy atom. The van der Waals surface area contributed by atoms with Crippen LogP contribution < -0.4 is 5.32 Å². The standard InChI is InChI=1S/C62H99NO8/c1-3-5-7-9-11-13-15-17-19-20-21-22-23-24-25-26-27-28-29-30-31-32-33-34-35-36-38-40-42-44-46-48-50-52-58(66)63-55(54-70-62-61(69)60(68)59(67)57(53-64)71-62)56(65)51-49-47-45-43-41-39-37-18-16-14-12-10-8-6-4-2/h5,7,11,13,16-19,21-22,24-25,27-28,30-31,33-34,36,38,41,43,49,51,55-57,59-62,64-65,67-69H,3-4,6,8-10,12,14-15,20,23,26,29,32,35,37,39-40,42,44-48,50,52-54H2,1-2H3,(H,63,66)/b7-5-,13-11-,18-16+,19-17-,22-21-,25-24-,28-27-,31-30-,34-33-,38-36-,43-41+,51-49+. The van der Waals surface area contributed by atoms with E-state index in [1.807, 2.05) is 6.08 Å². The van der Waals surface area contributed by atoms with Crippen LogP contribution in [0.3, 0.4) is 0 Å². The van der Waals surface area contributed by atoms with Gasteiger partial charge in [0.15, 0.2) is 6.29 Å². The van der Waals surface area contributed by atoms with Gasteiger partial charge >= 0.3 is 0 Å². The minimum Gasteiger partial charge on any atom is -0.394 e. The molecule has 1 rings (SSSR count). The second-order valence-corrected chi connectivity index (χ2v) is 18.3. The number of nitrogens with one attached hydrogen (secondary N) is 1. The number of amides is 1. The Morgan fingerprint density at radius 3 is 1.35 bits per heavy atom. The van der Waals surface area contributed by atoms with Gasteiger partial charge in [0, 0.05) is 6.42 Å². The summed E-state index contributed by atoms with van der Waals surface area (Å²) in [5.74, 6) is -0.218. The summed E-state index contributed by atoms with van der Waals surface area (Å²) in [5, 5.41) is 54.3. The molecule has 1 fully saturated rings. The molecule has 1 aliphatic heterocycles. The summed E-state index contributed by atoms with van der Waals surface area (Å²) in [7, 11) is 0. The zero-order chi connectivity index (χ0) is 51.5. The smallest absolute Gasteiger partial charge is 0.220 e. The molecule has 0 aromatic heterocycles. The third-order valence-electron chi connectivity index (χ3n) is 11.9. The highest BCUT2D eigenvalue weighted by Crippen LogP contribution is 2.22. The molecule has 9 nitrogen and oxygen atoms in total. The lowest BCUT2D eigenvalue weighted by Crippen LogP contribution is -2.60. The second kappa shape index (κ2) is 49.6. The predicted octanol–water partition coefficient (Wildman–Crippen LogP) is 13.5. The highest BCUT2D eigenvalue weighted by atomic mass is 16.7. The van der Waals surface area contributed by atoms with Crippen LogP contribution in [0.4, 0.5) is 0 Å². The first kappa shape index (κ1) is 65.1. The summed E-state index contributed by atoms with van der Waals surface area (Å²) in [6, 6.07) is -0.850. The van der Waals surface area contributed by atoms with Gasteiger partial charge in [0.2, 0.25) is 5.91 Å². The van der Waals surface area contributed by atoms with Gasteiger partial charge in [0.1, 0.15) is 24.4 Å². The fourth-order valence-corrected chi connectivity index (χ4v) is 7.53. The first-order chi connectivity index (χ1) is 34.8. The van der Waals surface area contributed by atoms with Crippen LogP contribution in [-0.2, 0) is 14.3 Å². The number of rotatable bonds is 44. The highest BCUT2D eigenvalue weighted by molar-refractivity contribution is 5.76. The Morgan fingerprint density at radius 2 is 0.887 bits per heavy atom. The van der Waals surface area contributed by atoms with Crippen molar-refractivity contribution >= 4 is 5.91 Å². The molecule has 0 aromatic rings. The van der Waals surface area contributed by atoms with Crippen molar-refractivity contribution in [3.63, 3.8) is 0 Å². The lowest BCUT2D eigenvalue weighted by molar-refractivity contribution is -0.302. The lowest BCUT2D eigenvalue weighted by Gasteiger charge is -2.40. The van der Waals surface area contributed by atoms with Gasteiger partial charge in [0.25, 0.3) is 0 Å². The van der Waals surface area contributed by atoms with Crippen molar-refractivity contribution < 1.29 is 39.8 Å². The van der Waals surface area contributed by atoms with Gasteiger partial charge in [-0.25, -0.2) is 0 Å². The van der Waals surface area contributed by atoms with Crippen molar-refractivity contribution in [1.82, 2.24) is 5.32 Å². The molecule has 0 spiro atoms. The Hall–Kier alpha value is -3.93. The molecular formula is C62H99NO8. The average Bonchev–Trinajstić information content (AvgIpc) is 3.37. The fourth-order valence-electron chi connectivity index (χ4n) is 7.53. The summed E-state index contributed by atoms with van der Waals surface area (Å²) in [4.78, 5) is 13.0. The van der Waals surface area contributed by atoms with Crippen molar-refractivity contribution in [2.75, 3.05) is 13.2 Å². The van der Waals surface area contributed by atoms with Crippen molar-refractivity contribution in [1.29, 1.82) is 0 Å². The molecule has 400 valence electrons. The molecule has 1 saturated heterocycles. The molecule has 1 aliphatic rings. The minimum absolute atomic E-state index is 0.218. The largest absolute Gasteiger partial charge is 0.394 e. The summed E-state index contributed by atoms with van der Waals surface area (Å²) in [6.45, 7) is 3.59. The van der Waals surface area contributed by atoms with E-state index >= 15 is 0 Å². The minimum atomic E-state index is -1.59. The third kappa shape index (κ3) is 39.3. The van der Waals surface area contributed by atoms with Crippen molar-refractivity contribution in [2.45, 2.75) is 224 Å². The molecule has 9 heteroatoms. The number of hydrogen-bond acceptors (Lipinski definition) is 8. The summed E-state index contributed by atoms with van der Waals surface area (Å²) < 4.78 is 11.2. The van der Waals surface area contributed by atoms with Gasteiger partial charge in [-0.15, -0.1) is 0 Å². The SMILES string of the molecule is CC/C=C\C/C=C\C/C=C\C/C=C\C/C=C\C/C=C\C/C=C\C/C=C\C/C=C\CCCCCCCC(=O)NC(COC1OC(CO)C(O)C(O)C1O)C(O)/C=C/CC/C=C/CC/C=C/CCCCCCC. The molecule has 0 saturated carbocycles. The first-order valence-electron chi connectivity index (χ1n) is 27.6. The first-order valence-corrected chi connectivity index (χ1v) is 27.6. The predicted molar refractivity (Wildman–Crippen MR) is 299 cm³/mol. The Bertz CT molecular complexity index is 1610. The summed E-state index contributed by atoms with van der Waals surface area (Å²) in [6.07, 6.45) is 70.4. The molecule has 0 radical (unpaired) electrons. The zero-order valence-corrected chi connectivity index (χ0v) is 44.2. The average molecular weight is 986 g/mol. The quantitative estimate of drug-likeness (QED) is 0.0261. The maximum absolute atomic E-state index is 13.0. The molecule has 6 N–H and O–H groups in total. The monoisotopic (exact) mass is 986 g/mol. The summed E-state index contributed by atoms with van der Waals surface area (Å²) in [5.41, 5.74) is 0. The number of hydrogen-bond donors (Lipinski definition) is 6. The Kier molecular flexibility index (Phi) is 45.5. The highest BCUT2D eigenvalue weighted by Gasteiger charge is 2.44. The number of ether oxygens (including phenoxy) is 2. The van der Waals surface area contributed by atoms with Crippen molar-refractivity contribution in [3.05, 3.63) is 146 Å². The number of carbonyl (C=O) groups excluding carboxylic acids is 1. The van der Waals surface area contributed by atoms with E-state index in [9.17, 15) is 30.3 Å². The number of carbonyl (C=O) groups is 1. The van der Waals surface area contributed by atoms with E-state index in [2.05, 4.69) is 153 Å². The van der Waals surface area contributed by atoms with Gasteiger partial charge in [-0.1, -0.05) is 205 Å². The van der Waals surface area contributed by atoms with E-state index in [1.54, 1.807) is 6.08 Å². The lowest BCUT2D eigenvalue weighted by atomic mass is 9.99. The van der Waals surface area contributed by atoms with Gasteiger partial charge < -0.3 is 40.3 Å². The van der Waals surface area contributed by atoms with Crippen molar-refractivity contribution in [3.8, 4) is 0 Å². The molecule has 0 aromatic carbocycles. The topological polar surface area (TPSA) is 149 Å². The maximum Gasteiger partial charge on any atom is 0.220 e. The molecule has 0 aliphatic carbocycles. The number of aliphatic hydroxyl groups is 5. The van der Waals surface area contributed by atoms with Gasteiger partial charge in [0.05, 0.1) is 25.4 Å². The molecule has 71 heavy (non-hydrogen) atoms. The molecule has 1 heterocycles. The number of allylic oxidation sites excluding steroid dienone is 23. The van der Waals surface area contributed by atoms with Crippen LogP contribution in [0.5, 0.6) is 0 Å². The van der Waals surface area contributed by atoms with Gasteiger partial charge in [-0.05, 0) is 116 Å². The van der Waals surface area contributed by atoms with Crippen molar-refractivity contribution in [2.24, 2.45) is 0 Å². The van der Waals surface area contributed by atoms with E-state index < -0.39 is 49.5 Å². The van der Waals surface area contributed by atoms with Crippen LogP contribution in [0.25, 0.3) is 0 Å². The number of unbranched alkanes of at least 4 members (excludes halogenated alkanes) is 12. The Labute approximate surface area is 432 Å². The molecule has 0 bridgehead atoms. The van der Waals surface area contributed by atoms with Crippen LogP contribution in [0.1, 0.15) is 181 Å². The van der Waals surface area contributed by atoms with Crippen LogP contribution in [-0.4, -0.2) is 87.5 Å². The molecule has 7 unspecified atom stereocenters. The van der Waals surface area contributed by atoms with Gasteiger partial charge in [-0.3, -0.25) is 4.79 Å². The van der Waals surface area contributed by atoms with E-state index in [1.165, 1.54) is 32.1 Å². The van der Waals surface area contributed by atoms with Crippen LogP contribution >= 0.6 is 0 Å². The molecule has 7 atom stereocenters. The van der Waals surface area contributed by atoms with E-state index in [-0.39, 0.29) is 12.5 Å². The third-order valence-corrected chi connectivity index (χ3v) is 11.9. The maximum atomic E-state index is 13.0. The normalized spacial score (nSPS) is 20.5. The Balaban J connectivity index is 2.28. The van der Waals surface area contributed by atoms with Crippen LogP contribution in [0, 0.1) is 0 Å². The summed E-state index contributed by atoms with van der Waals surface area (Å²) >= 11 is 0. The molecular weight excluding hydrogens is 887 g/mol. The molecule has 1 amide bonds. The van der Waals surface area contributed by atoms with Gasteiger partial charge in [-0.2, -0.15) is 0 Å². The van der Waals surface area contributed by atoms with Crippen LogP contribution in [0.15, 0.2) is 146 Å².